The van der Waals surface area contributed by atoms with Gasteiger partial charge in [0.1, 0.15) is 11.3 Å². The van der Waals surface area contributed by atoms with Crippen molar-refractivity contribution in [1.82, 2.24) is 5.43 Å². The molecule has 1 N–H and O–H groups in total. The Balaban J connectivity index is 1.90. The maximum atomic E-state index is 12.5. The highest BCUT2D eigenvalue weighted by molar-refractivity contribution is 9.10. The van der Waals surface area contributed by atoms with Gasteiger partial charge in [0.05, 0.1) is 12.8 Å². The van der Waals surface area contributed by atoms with Crippen LogP contribution in [0.4, 0.5) is 5.69 Å². The van der Waals surface area contributed by atoms with Crippen LogP contribution in [0, 0.1) is 0 Å². The van der Waals surface area contributed by atoms with Crippen molar-refractivity contribution in [2.75, 3.05) is 12.1 Å². The lowest BCUT2D eigenvalue weighted by atomic mass is 10.1. The van der Waals surface area contributed by atoms with Crippen LogP contribution in [0.3, 0.4) is 0 Å². The van der Waals surface area contributed by atoms with Gasteiger partial charge in [0.15, 0.2) is 0 Å². The van der Waals surface area contributed by atoms with Gasteiger partial charge in [0, 0.05) is 4.47 Å². The van der Waals surface area contributed by atoms with E-state index in [9.17, 15) is 9.59 Å². The van der Waals surface area contributed by atoms with Crippen LogP contribution < -0.4 is 15.2 Å². The van der Waals surface area contributed by atoms with E-state index in [1.54, 1.807) is 55.7 Å². The lowest BCUT2D eigenvalue weighted by Crippen LogP contribution is -2.35. The Morgan fingerprint density at radius 3 is 2.52 bits per heavy atom. The number of nitrogens with zero attached hydrogens (tertiary/aromatic N) is 1. The molecule has 5 nitrogen and oxygen atoms in total. The number of hydrogen-bond donors (Lipinski definition) is 1. The van der Waals surface area contributed by atoms with Crippen molar-refractivity contribution < 1.29 is 14.3 Å². The third-order valence-corrected chi connectivity index (χ3v) is 3.88. The monoisotopic (exact) mass is 372 g/mol. The van der Waals surface area contributed by atoms with E-state index in [-0.39, 0.29) is 11.5 Å². The molecule has 0 atom stereocenters. The van der Waals surface area contributed by atoms with Gasteiger partial charge in [-0.15, -0.1) is 0 Å². The average Bonchev–Trinajstić information content (AvgIpc) is 2.84. The second kappa shape index (κ2) is 6.26. The van der Waals surface area contributed by atoms with Crippen molar-refractivity contribution in [3.05, 3.63) is 64.1 Å². The van der Waals surface area contributed by atoms with Crippen LogP contribution in [0.2, 0.25) is 0 Å². The Labute approximate surface area is 141 Å². The first kappa shape index (κ1) is 15.3. The Morgan fingerprint density at radius 1 is 1.13 bits per heavy atom. The number of benzene rings is 2. The van der Waals surface area contributed by atoms with Crippen LogP contribution in [0.15, 0.2) is 58.6 Å². The van der Waals surface area contributed by atoms with Crippen molar-refractivity contribution in [2.24, 2.45) is 0 Å². The summed E-state index contributed by atoms with van der Waals surface area (Å²) in [7, 11) is 1.58. The van der Waals surface area contributed by atoms with Crippen LogP contribution >= 0.6 is 15.9 Å². The molecular weight excluding hydrogens is 360 g/mol. The fourth-order valence-electron chi connectivity index (χ4n) is 2.22. The largest absolute Gasteiger partial charge is 0.497 e. The number of methoxy groups -OCH3 is 1. The van der Waals surface area contributed by atoms with Gasteiger partial charge in [-0.1, -0.05) is 34.1 Å². The summed E-state index contributed by atoms with van der Waals surface area (Å²) in [6.45, 7) is 0. The van der Waals surface area contributed by atoms with Crippen LogP contribution in [-0.4, -0.2) is 18.9 Å². The lowest BCUT2D eigenvalue weighted by Gasteiger charge is -2.14. The first-order valence-corrected chi connectivity index (χ1v) is 7.64. The fraction of sp³-hybridized carbons (Fsp3) is 0.0588. The predicted octanol–water partition coefficient (Wildman–Crippen LogP) is 2.92. The molecule has 0 aromatic heterocycles. The number of rotatable bonds is 3. The molecule has 2 aromatic rings. The van der Waals surface area contributed by atoms with E-state index in [1.165, 1.54) is 5.01 Å². The zero-order valence-electron chi connectivity index (χ0n) is 12.2. The van der Waals surface area contributed by atoms with Crippen LogP contribution in [0.25, 0.3) is 6.08 Å². The molecule has 6 heteroatoms. The van der Waals surface area contributed by atoms with Crippen molar-refractivity contribution in [3.63, 3.8) is 0 Å². The van der Waals surface area contributed by atoms with Gasteiger partial charge in [0.2, 0.25) is 0 Å². The van der Waals surface area contributed by atoms with E-state index in [2.05, 4.69) is 21.4 Å². The summed E-state index contributed by atoms with van der Waals surface area (Å²) in [6, 6.07) is 14.3. The molecule has 1 heterocycles. The van der Waals surface area contributed by atoms with E-state index in [0.29, 0.717) is 11.4 Å². The zero-order valence-corrected chi connectivity index (χ0v) is 13.8. The summed E-state index contributed by atoms with van der Waals surface area (Å²) in [5.41, 5.74) is 4.01. The molecule has 0 saturated carbocycles. The Bertz CT molecular complexity index is 800. The molecule has 116 valence electrons. The molecule has 1 aliphatic heterocycles. The molecule has 0 unspecified atom stereocenters. The molecule has 0 bridgehead atoms. The summed E-state index contributed by atoms with van der Waals surface area (Å²) in [5, 5.41) is 1.24. The van der Waals surface area contributed by atoms with Gasteiger partial charge >= 0.3 is 0 Å². The third kappa shape index (κ3) is 3.12. The molecule has 0 aliphatic carbocycles. The van der Waals surface area contributed by atoms with Crippen molar-refractivity contribution >= 4 is 39.5 Å². The predicted molar refractivity (Wildman–Crippen MR) is 90.7 cm³/mol. The molecule has 0 spiro atoms. The number of anilines is 1. The number of hydrazine groups is 1. The highest BCUT2D eigenvalue weighted by Crippen LogP contribution is 2.24. The standard InChI is InChI=1S/C17H13BrN2O3/c1-23-14-7-5-11(6-8-14)9-15-16(21)19-20(17(15)22)13-4-2-3-12(18)10-13/h2-10H,1H3,(H,19,21). The molecule has 1 fully saturated rings. The molecule has 2 amide bonds. The van der Waals surface area contributed by atoms with Gasteiger partial charge in [-0.25, -0.2) is 5.01 Å². The molecule has 3 rings (SSSR count). The second-order valence-electron chi connectivity index (χ2n) is 4.89. The summed E-state index contributed by atoms with van der Waals surface area (Å²) >= 11 is 3.35. The molecular formula is C17H13BrN2O3. The number of hydrogen-bond acceptors (Lipinski definition) is 3. The van der Waals surface area contributed by atoms with E-state index >= 15 is 0 Å². The number of amides is 2. The number of nitrogens with one attached hydrogen (secondary N) is 1. The minimum atomic E-state index is -0.425. The van der Waals surface area contributed by atoms with Crippen molar-refractivity contribution in [2.45, 2.75) is 0 Å². The number of carbonyl (C=O) groups is 2. The summed E-state index contributed by atoms with van der Waals surface area (Å²) in [4.78, 5) is 24.6. The van der Waals surface area contributed by atoms with Crippen molar-refractivity contribution in [3.8, 4) is 5.75 Å². The minimum Gasteiger partial charge on any atom is -0.497 e. The van der Waals surface area contributed by atoms with Gasteiger partial charge in [-0.2, -0.15) is 0 Å². The number of carbonyl (C=O) groups excluding carboxylic acids is 2. The third-order valence-electron chi connectivity index (χ3n) is 3.38. The normalized spacial score (nSPS) is 15.9. The van der Waals surface area contributed by atoms with Gasteiger partial charge in [-0.3, -0.25) is 15.0 Å². The topological polar surface area (TPSA) is 58.6 Å². The van der Waals surface area contributed by atoms with E-state index < -0.39 is 5.91 Å². The number of halogens is 1. The maximum absolute atomic E-state index is 12.5. The highest BCUT2D eigenvalue weighted by Gasteiger charge is 2.34. The van der Waals surface area contributed by atoms with Crippen LogP contribution in [0.5, 0.6) is 5.75 Å². The first-order valence-electron chi connectivity index (χ1n) is 6.85. The van der Waals surface area contributed by atoms with Crippen molar-refractivity contribution in [1.29, 1.82) is 0 Å². The molecule has 1 saturated heterocycles. The summed E-state index contributed by atoms with van der Waals surface area (Å²) < 4.78 is 5.91. The average molecular weight is 373 g/mol. The smallest absolute Gasteiger partial charge is 0.282 e. The van der Waals surface area contributed by atoms with Gasteiger partial charge < -0.3 is 4.74 Å². The number of ether oxygens (including phenoxy) is 1. The quantitative estimate of drug-likeness (QED) is 0.665. The SMILES string of the molecule is COc1ccc(C=C2C(=O)NN(c3cccc(Br)c3)C2=O)cc1. The van der Waals surface area contributed by atoms with Gasteiger partial charge in [0.25, 0.3) is 11.8 Å². The zero-order chi connectivity index (χ0) is 16.4. The summed E-state index contributed by atoms with van der Waals surface area (Å²) in [5.74, 6) is -0.0974. The van der Waals surface area contributed by atoms with Crippen LogP contribution in [0.1, 0.15) is 5.56 Å². The van der Waals surface area contributed by atoms with E-state index in [1.807, 2.05) is 6.07 Å². The Morgan fingerprint density at radius 2 is 1.87 bits per heavy atom. The fourth-order valence-corrected chi connectivity index (χ4v) is 2.61. The summed E-state index contributed by atoms with van der Waals surface area (Å²) in [6.07, 6.45) is 1.56. The van der Waals surface area contributed by atoms with E-state index in [4.69, 9.17) is 4.74 Å². The highest BCUT2D eigenvalue weighted by atomic mass is 79.9. The second-order valence-corrected chi connectivity index (χ2v) is 5.81. The van der Waals surface area contributed by atoms with Crippen LogP contribution in [-0.2, 0) is 9.59 Å². The molecule has 2 aromatic carbocycles. The van der Waals surface area contributed by atoms with Gasteiger partial charge in [-0.05, 0) is 42.0 Å². The Hall–Kier alpha value is -2.60. The maximum Gasteiger partial charge on any atom is 0.282 e. The molecule has 23 heavy (non-hydrogen) atoms. The molecule has 0 radical (unpaired) electrons. The molecule has 1 aliphatic rings. The Kier molecular flexibility index (Phi) is 4.16. The lowest BCUT2D eigenvalue weighted by molar-refractivity contribution is -0.117. The first-order chi connectivity index (χ1) is 11.1. The van der Waals surface area contributed by atoms with E-state index in [0.717, 1.165) is 10.0 Å². The minimum absolute atomic E-state index is 0.0927.